The van der Waals surface area contributed by atoms with E-state index < -0.39 is 0 Å². The summed E-state index contributed by atoms with van der Waals surface area (Å²) in [4.78, 5) is 0. The molecule has 0 unspecified atom stereocenters. The number of hydrogen-bond donors (Lipinski definition) is 1. The van der Waals surface area contributed by atoms with Gasteiger partial charge in [-0.25, -0.2) is 0 Å². The number of thioether (sulfide) groups is 1. The topological polar surface area (TPSA) is 66.0 Å². The van der Waals surface area contributed by atoms with Crippen molar-refractivity contribution < 1.29 is 4.74 Å². The minimum Gasteiger partial charge on any atom is -0.496 e. The number of hydrogen-bond acceptors (Lipinski definition) is 5. The zero-order valence-corrected chi connectivity index (χ0v) is 13.7. The van der Waals surface area contributed by atoms with Crippen molar-refractivity contribution in [2.45, 2.75) is 37.3 Å². The summed E-state index contributed by atoms with van der Waals surface area (Å²) in [5.74, 6) is 2.36. The Kier molecular flexibility index (Phi) is 5.90. The predicted molar refractivity (Wildman–Crippen MR) is 85.8 cm³/mol. The molecule has 0 radical (unpaired) electrons. The molecule has 114 valence electrons. The Hall–Kier alpha value is -1.24. The first-order valence-electron chi connectivity index (χ1n) is 6.77. The van der Waals surface area contributed by atoms with Gasteiger partial charge in [0.1, 0.15) is 11.6 Å². The quantitative estimate of drug-likeness (QED) is 0.792. The van der Waals surface area contributed by atoms with Crippen LogP contribution in [0.15, 0.2) is 23.4 Å². The highest BCUT2D eigenvalue weighted by Gasteiger charge is 2.12. The lowest BCUT2D eigenvalue weighted by atomic mass is 10.2. The van der Waals surface area contributed by atoms with Gasteiger partial charge in [0.2, 0.25) is 0 Å². The maximum atomic E-state index is 6.05. The molecule has 21 heavy (non-hydrogen) atoms. The zero-order valence-electron chi connectivity index (χ0n) is 12.2. The molecular weight excluding hydrogens is 308 g/mol. The molecule has 0 atom stereocenters. The smallest absolute Gasteiger partial charge is 0.191 e. The summed E-state index contributed by atoms with van der Waals surface area (Å²) < 4.78 is 7.43. The zero-order chi connectivity index (χ0) is 15.2. The average Bonchev–Trinajstić information content (AvgIpc) is 2.88. The van der Waals surface area contributed by atoms with Crippen molar-refractivity contribution in [1.29, 1.82) is 0 Å². The Morgan fingerprint density at radius 3 is 2.86 bits per heavy atom. The van der Waals surface area contributed by atoms with E-state index >= 15 is 0 Å². The van der Waals surface area contributed by atoms with Crippen LogP contribution in [0.4, 0.5) is 0 Å². The van der Waals surface area contributed by atoms with Crippen LogP contribution in [0.5, 0.6) is 5.75 Å². The third-order valence-electron chi connectivity index (χ3n) is 3.02. The number of halogens is 1. The molecule has 0 aliphatic heterocycles. The van der Waals surface area contributed by atoms with Crippen molar-refractivity contribution >= 4 is 23.4 Å². The van der Waals surface area contributed by atoms with Gasteiger partial charge in [-0.15, -0.1) is 10.2 Å². The fourth-order valence-electron chi connectivity index (χ4n) is 2.03. The molecule has 0 saturated heterocycles. The van der Waals surface area contributed by atoms with Crippen LogP contribution in [0.25, 0.3) is 0 Å². The van der Waals surface area contributed by atoms with Crippen LogP contribution in [0, 0.1) is 0 Å². The molecule has 2 aromatic rings. The normalized spacial score (nSPS) is 10.9. The van der Waals surface area contributed by atoms with Crippen molar-refractivity contribution in [3.63, 3.8) is 0 Å². The Labute approximate surface area is 133 Å². The Bertz CT molecular complexity index is 603. The van der Waals surface area contributed by atoms with Crippen LogP contribution in [0.2, 0.25) is 5.02 Å². The van der Waals surface area contributed by atoms with E-state index in [4.69, 9.17) is 22.1 Å². The van der Waals surface area contributed by atoms with Gasteiger partial charge in [0, 0.05) is 22.9 Å². The van der Waals surface area contributed by atoms with Crippen molar-refractivity contribution in [1.82, 2.24) is 14.8 Å². The van der Waals surface area contributed by atoms with Gasteiger partial charge in [-0.1, -0.05) is 30.3 Å². The number of ether oxygens (including phenoxy) is 1. The van der Waals surface area contributed by atoms with Crippen molar-refractivity contribution in [3.8, 4) is 5.75 Å². The van der Waals surface area contributed by atoms with E-state index in [0.717, 1.165) is 41.0 Å². The highest BCUT2D eigenvalue weighted by Crippen LogP contribution is 2.29. The molecule has 0 aliphatic carbocycles. The molecule has 0 aliphatic rings. The minimum atomic E-state index is 0.397. The Morgan fingerprint density at radius 1 is 1.38 bits per heavy atom. The second-order valence-electron chi connectivity index (χ2n) is 4.50. The Balaban J connectivity index is 2.16. The molecule has 0 saturated carbocycles. The van der Waals surface area contributed by atoms with E-state index in [1.54, 1.807) is 18.9 Å². The summed E-state index contributed by atoms with van der Waals surface area (Å²) in [5, 5.41) is 9.93. The third-order valence-corrected chi connectivity index (χ3v) is 4.27. The van der Waals surface area contributed by atoms with Gasteiger partial charge in [0.25, 0.3) is 0 Å². The summed E-state index contributed by atoms with van der Waals surface area (Å²) in [5.41, 5.74) is 6.73. The van der Waals surface area contributed by atoms with E-state index in [2.05, 4.69) is 21.7 Å². The van der Waals surface area contributed by atoms with Gasteiger partial charge in [0.05, 0.1) is 13.7 Å². The Morgan fingerprint density at radius 2 is 2.19 bits per heavy atom. The molecule has 1 aromatic carbocycles. The fourth-order valence-corrected chi connectivity index (χ4v) is 3.18. The highest BCUT2D eigenvalue weighted by atomic mass is 35.5. The first kappa shape index (κ1) is 16.1. The number of rotatable bonds is 7. The summed E-state index contributed by atoms with van der Waals surface area (Å²) >= 11 is 7.66. The average molecular weight is 327 g/mol. The molecule has 5 nitrogen and oxygen atoms in total. The molecule has 0 spiro atoms. The lowest BCUT2D eigenvalue weighted by Gasteiger charge is -2.10. The molecule has 1 aromatic heterocycles. The van der Waals surface area contributed by atoms with Crippen LogP contribution in [-0.2, 0) is 18.8 Å². The number of aromatic nitrogens is 3. The van der Waals surface area contributed by atoms with E-state index in [-0.39, 0.29) is 0 Å². The first-order valence-corrected chi connectivity index (χ1v) is 8.13. The van der Waals surface area contributed by atoms with E-state index in [1.165, 1.54) is 0 Å². The number of methoxy groups -OCH3 is 1. The van der Waals surface area contributed by atoms with E-state index in [1.807, 2.05) is 18.2 Å². The fraction of sp³-hybridized carbons (Fsp3) is 0.429. The third kappa shape index (κ3) is 3.90. The molecule has 0 bridgehead atoms. The van der Waals surface area contributed by atoms with Crippen molar-refractivity contribution in [2.75, 3.05) is 7.11 Å². The number of nitrogens with zero attached hydrogens (tertiary/aromatic N) is 3. The maximum absolute atomic E-state index is 6.05. The summed E-state index contributed by atoms with van der Waals surface area (Å²) in [6.07, 6.45) is 1.01. The standard InChI is InChI=1S/C14H19ClN4OS/c1-3-6-19-13(8-16)17-18-14(19)21-9-10-7-11(15)4-5-12(10)20-2/h4-5,7H,3,6,8-9,16H2,1-2H3. The monoisotopic (exact) mass is 326 g/mol. The van der Waals surface area contributed by atoms with Crippen molar-refractivity contribution in [2.24, 2.45) is 5.73 Å². The molecule has 0 amide bonds. The van der Waals surface area contributed by atoms with Crippen LogP contribution in [0.1, 0.15) is 24.7 Å². The van der Waals surface area contributed by atoms with Gasteiger partial charge >= 0.3 is 0 Å². The van der Waals surface area contributed by atoms with E-state index in [9.17, 15) is 0 Å². The molecule has 2 rings (SSSR count). The van der Waals surface area contributed by atoms with E-state index in [0.29, 0.717) is 11.6 Å². The van der Waals surface area contributed by atoms with Gasteiger partial charge < -0.3 is 15.0 Å². The largest absolute Gasteiger partial charge is 0.496 e. The molecule has 0 fully saturated rings. The molecular formula is C14H19ClN4OS. The second kappa shape index (κ2) is 7.68. The van der Waals surface area contributed by atoms with Crippen LogP contribution >= 0.6 is 23.4 Å². The summed E-state index contributed by atoms with van der Waals surface area (Å²) in [6, 6.07) is 5.61. The van der Waals surface area contributed by atoms with Gasteiger partial charge in [0.15, 0.2) is 5.16 Å². The summed E-state index contributed by atoms with van der Waals surface area (Å²) in [7, 11) is 1.66. The van der Waals surface area contributed by atoms with Gasteiger partial charge in [-0.05, 0) is 24.6 Å². The predicted octanol–water partition coefficient (Wildman–Crippen LogP) is 3.10. The SMILES string of the molecule is CCCn1c(CN)nnc1SCc1cc(Cl)ccc1OC. The van der Waals surface area contributed by atoms with Crippen LogP contribution in [-0.4, -0.2) is 21.9 Å². The number of nitrogens with two attached hydrogens (primary N) is 1. The number of benzene rings is 1. The van der Waals surface area contributed by atoms with Crippen LogP contribution < -0.4 is 10.5 Å². The highest BCUT2D eigenvalue weighted by molar-refractivity contribution is 7.98. The lowest BCUT2D eigenvalue weighted by Crippen LogP contribution is -2.09. The maximum Gasteiger partial charge on any atom is 0.191 e. The molecule has 2 N–H and O–H groups in total. The summed E-state index contributed by atoms with van der Waals surface area (Å²) in [6.45, 7) is 3.39. The minimum absolute atomic E-state index is 0.397. The first-order chi connectivity index (χ1) is 10.2. The molecule has 1 heterocycles. The van der Waals surface area contributed by atoms with Crippen LogP contribution in [0.3, 0.4) is 0 Å². The second-order valence-corrected chi connectivity index (χ2v) is 5.88. The van der Waals surface area contributed by atoms with Gasteiger partial charge in [-0.3, -0.25) is 0 Å². The van der Waals surface area contributed by atoms with Gasteiger partial charge in [-0.2, -0.15) is 0 Å². The lowest BCUT2D eigenvalue weighted by molar-refractivity contribution is 0.411. The van der Waals surface area contributed by atoms with Crippen molar-refractivity contribution in [3.05, 3.63) is 34.6 Å². The molecule has 7 heteroatoms.